The van der Waals surface area contributed by atoms with Crippen molar-refractivity contribution in [1.29, 1.82) is 0 Å². The van der Waals surface area contributed by atoms with E-state index in [4.69, 9.17) is 46.4 Å². The van der Waals surface area contributed by atoms with Gasteiger partial charge in [-0.3, -0.25) is 9.79 Å². The highest BCUT2D eigenvalue weighted by Crippen LogP contribution is 2.28. The van der Waals surface area contributed by atoms with Gasteiger partial charge in [0.25, 0.3) is 5.91 Å². The molecule has 0 aliphatic carbocycles. The zero-order chi connectivity index (χ0) is 19.8. The van der Waals surface area contributed by atoms with Crippen LogP contribution in [0.5, 0.6) is 0 Å². The van der Waals surface area contributed by atoms with Crippen LogP contribution in [0.4, 0.5) is 0 Å². The molecule has 1 N–H and O–H groups in total. The van der Waals surface area contributed by atoms with Gasteiger partial charge in [-0.15, -0.1) is 0 Å². The van der Waals surface area contributed by atoms with Gasteiger partial charge in [-0.25, -0.2) is 0 Å². The Balaban J connectivity index is 1.88. The summed E-state index contributed by atoms with van der Waals surface area (Å²) in [6.07, 6.45) is 1.84. The lowest BCUT2D eigenvalue weighted by atomic mass is 10.2. The minimum absolute atomic E-state index is 0.241. The summed E-state index contributed by atoms with van der Waals surface area (Å²) in [5, 5.41) is 5.17. The first-order valence-corrected chi connectivity index (χ1v) is 11.7. The Morgan fingerprint density at radius 1 is 1.00 bits per heavy atom. The van der Waals surface area contributed by atoms with Gasteiger partial charge < -0.3 is 5.32 Å². The molecule has 0 fully saturated rings. The number of amides is 1. The van der Waals surface area contributed by atoms with Gasteiger partial charge in [-0.1, -0.05) is 70.3 Å². The molecule has 144 valence electrons. The summed E-state index contributed by atoms with van der Waals surface area (Å²) in [6, 6.07) is 10.4. The monoisotopic (exact) mass is 480 g/mol. The molecular formula is C18H16Cl4N2OS2. The van der Waals surface area contributed by atoms with Gasteiger partial charge >= 0.3 is 0 Å². The molecule has 0 bridgehead atoms. The summed E-state index contributed by atoms with van der Waals surface area (Å²) < 4.78 is 0. The zero-order valence-corrected chi connectivity index (χ0v) is 18.9. The second kappa shape index (κ2) is 11.4. The van der Waals surface area contributed by atoms with Crippen molar-refractivity contribution in [3.05, 3.63) is 67.6 Å². The molecule has 0 heterocycles. The van der Waals surface area contributed by atoms with Crippen molar-refractivity contribution >= 4 is 81.0 Å². The standard InChI is InChI=1S/C18H16Cl4N2OS2/c1-26-18(24-17(25)16-14(21)6-3-7-15(16)22)23-8-9-27-10-11-12(19)4-2-5-13(11)20/h2-7H,8-10H2,1H3,(H,23,24,25). The molecule has 3 nitrogen and oxygen atoms in total. The number of nitrogens with one attached hydrogen (secondary N) is 1. The molecule has 2 rings (SSSR count). The molecule has 0 unspecified atom stereocenters. The van der Waals surface area contributed by atoms with E-state index in [-0.39, 0.29) is 11.5 Å². The number of benzene rings is 2. The second-order valence-electron chi connectivity index (χ2n) is 5.19. The van der Waals surface area contributed by atoms with Crippen LogP contribution in [-0.2, 0) is 5.75 Å². The van der Waals surface area contributed by atoms with Crippen LogP contribution in [0.15, 0.2) is 41.4 Å². The van der Waals surface area contributed by atoms with Crippen molar-refractivity contribution in [3.63, 3.8) is 0 Å². The number of hydrogen-bond acceptors (Lipinski definition) is 4. The van der Waals surface area contributed by atoms with Gasteiger partial charge in [0, 0.05) is 21.6 Å². The molecule has 27 heavy (non-hydrogen) atoms. The van der Waals surface area contributed by atoms with E-state index in [0.717, 1.165) is 11.3 Å². The van der Waals surface area contributed by atoms with E-state index in [1.54, 1.807) is 30.0 Å². The molecule has 0 aliphatic rings. The maximum absolute atomic E-state index is 12.4. The molecule has 1 amide bonds. The molecule has 9 heteroatoms. The van der Waals surface area contributed by atoms with Gasteiger partial charge in [-0.2, -0.15) is 11.8 Å². The van der Waals surface area contributed by atoms with E-state index in [9.17, 15) is 4.79 Å². The SMILES string of the molecule is CSC(=NCCSCc1c(Cl)cccc1Cl)NC(=O)c1c(Cl)cccc1Cl. The van der Waals surface area contributed by atoms with Gasteiger partial charge in [0.2, 0.25) is 0 Å². The fourth-order valence-electron chi connectivity index (χ4n) is 2.09. The number of aliphatic imine (C=N–C) groups is 1. The van der Waals surface area contributed by atoms with Crippen LogP contribution in [0, 0.1) is 0 Å². The number of halogens is 4. The van der Waals surface area contributed by atoms with Crippen LogP contribution in [0.1, 0.15) is 15.9 Å². The third-order valence-electron chi connectivity index (χ3n) is 3.40. The Morgan fingerprint density at radius 2 is 1.56 bits per heavy atom. The molecule has 0 spiro atoms. The number of thioether (sulfide) groups is 2. The molecule has 0 saturated heterocycles. The van der Waals surface area contributed by atoms with Gasteiger partial charge in [-0.05, 0) is 36.1 Å². The minimum Gasteiger partial charge on any atom is -0.301 e. The lowest BCUT2D eigenvalue weighted by Gasteiger charge is -2.09. The predicted molar refractivity (Wildman–Crippen MR) is 122 cm³/mol. The third-order valence-corrected chi connectivity index (χ3v) is 6.32. The Morgan fingerprint density at radius 3 is 2.11 bits per heavy atom. The summed E-state index contributed by atoms with van der Waals surface area (Å²) in [7, 11) is 0. The van der Waals surface area contributed by atoms with Gasteiger partial charge in [0.05, 0.1) is 22.2 Å². The third kappa shape index (κ3) is 6.77. The molecule has 0 saturated carbocycles. The van der Waals surface area contributed by atoms with Crippen LogP contribution in [-0.4, -0.2) is 29.6 Å². The topological polar surface area (TPSA) is 41.5 Å². The number of amidine groups is 1. The first kappa shape index (κ1) is 22.7. The lowest BCUT2D eigenvalue weighted by molar-refractivity contribution is 0.0978. The van der Waals surface area contributed by atoms with Gasteiger partial charge in [0.1, 0.15) is 0 Å². The Hall–Kier alpha value is -0.560. The van der Waals surface area contributed by atoms with Crippen molar-refractivity contribution in [3.8, 4) is 0 Å². The molecule has 0 atom stereocenters. The van der Waals surface area contributed by atoms with Crippen molar-refractivity contribution in [1.82, 2.24) is 5.32 Å². The van der Waals surface area contributed by atoms with E-state index in [0.29, 0.717) is 37.6 Å². The maximum atomic E-state index is 12.4. The summed E-state index contributed by atoms with van der Waals surface area (Å²) in [5.41, 5.74) is 1.16. The maximum Gasteiger partial charge on any atom is 0.260 e. The van der Waals surface area contributed by atoms with Crippen LogP contribution in [0.25, 0.3) is 0 Å². The zero-order valence-electron chi connectivity index (χ0n) is 14.3. The summed E-state index contributed by atoms with van der Waals surface area (Å²) >= 11 is 27.5. The number of carbonyl (C=O) groups is 1. The first-order valence-electron chi connectivity index (χ1n) is 7.78. The minimum atomic E-state index is -0.380. The van der Waals surface area contributed by atoms with Crippen molar-refractivity contribution in [2.24, 2.45) is 4.99 Å². The van der Waals surface area contributed by atoms with Crippen molar-refractivity contribution in [2.75, 3.05) is 18.6 Å². The quantitative estimate of drug-likeness (QED) is 0.284. The lowest BCUT2D eigenvalue weighted by Crippen LogP contribution is -2.29. The largest absolute Gasteiger partial charge is 0.301 e. The van der Waals surface area contributed by atoms with Crippen LogP contribution < -0.4 is 5.32 Å². The average molecular weight is 482 g/mol. The fraction of sp³-hybridized carbons (Fsp3) is 0.222. The number of rotatable bonds is 6. The van der Waals surface area contributed by atoms with E-state index in [1.165, 1.54) is 11.8 Å². The van der Waals surface area contributed by atoms with Crippen LogP contribution in [0.3, 0.4) is 0 Å². The second-order valence-corrected chi connectivity index (χ2v) is 8.72. The first-order chi connectivity index (χ1) is 12.9. The smallest absolute Gasteiger partial charge is 0.260 e. The van der Waals surface area contributed by atoms with Crippen molar-refractivity contribution in [2.45, 2.75) is 5.75 Å². The number of carbonyl (C=O) groups excluding carboxylic acids is 1. The predicted octanol–water partition coefficient (Wildman–Crippen LogP) is 6.68. The normalized spacial score (nSPS) is 11.5. The van der Waals surface area contributed by atoms with E-state index >= 15 is 0 Å². The van der Waals surface area contributed by atoms with Gasteiger partial charge in [0.15, 0.2) is 5.17 Å². The highest BCUT2D eigenvalue weighted by atomic mass is 35.5. The highest BCUT2D eigenvalue weighted by molar-refractivity contribution is 8.13. The van der Waals surface area contributed by atoms with Crippen LogP contribution >= 0.6 is 69.9 Å². The highest BCUT2D eigenvalue weighted by Gasteiger charge is 2.15. The van der Waals surface area contributed by atoms with Crippen LogP contribution in [0.2, 0.25) is 20.1 Å². The molecule has 2 aromatic carbocycles. The molecule has 0 radical (unpaired) electrons. The van der Waals surface area contributed by atoms with Crippen molar-refractivity contribution < 1.29 is 4.79 Å². The van der Waals surface area contributed by atoms with E-state index in [1.807, 2.05) is 24.5 Å². The number of nitrogens with zero attached hydrogens (tertiary/aromatic N) is 1. The molecule has 0 aliphatic heterocycles. The summed E-state index contributed by atoms with van der Waals surface area (Å²) in [6.45, 7) is 0.541. The Kier molecular flexibility index (Phi) is 9.63. The van der Waals surface area contributed by atoms with E-state index < -0.39 is 0 Å². The summed E-state index contributed by atoms with van der Waals surface area (Å²) in [4.78, 5) is 16.8. The van der Waals surface area contributed by atoms with E-state index in [2.05, 4.69) is 10.3 Å². The number of hydrogen-bond donors (Lipinski definition) is 1. The molecular weight excluding hydrogens is 466 g/mol. The Bertz CT molecular complexity index is 806. The molecule has 2 aromatic rings. The molecule has 0 aromatic heterocycles. The fourth-order valence-corrected chi connectivity index (χ4v) is 4.64. The Labute approximate surface area is 187 Å². The summed E-state index contributed by atoms with van der Waals surface area (Å²) in [5.74, 6) is 1.08. The average Bonchev–Trinajstić information content (AvgIpc) is 2.62.